The molecule has 1 N–H and O–H groups in total. The fourth-order valence-electron chi connectivity index (χ4n) is 2.61. The molecule has 0 amide bonds. The van der Waals surface area contributed by atoms with Crippen LogP contribution < -0.4 is 0 Å². The maximum atomic E-state index is 9.30. The zero-order chi connectivity index (χ0) is 11.6. The van der Waals surface area contributed by atoms with Gasteiger partial charge in [-0.3, -0.25) is 4.90 Å². The van der Waals surface area contributed by atoms with Gasteiger partial charge in [0.1, 0.15) is 0 Å². The molecular weight excluding hydrogens is 202 g/mol. The number of likely N-dealkylation sites (tertiary alicyclic amines) is 1. The first-order valence-corrected chi connectivity index (χ1v) is 6.62. The number of hydrogen-bond donors (Lipinski definition) is 1. The third-order valence-corrected chi connectivity index (χ3v) is 3.93. The van der Waals surface area contributed by atoms with E-state index >= 15 is 0 Å². The lowest BCUT2D eigenvalue weighted by Crippen LogP contribution is -2.38. The molecular formula is C13H25NO2. The summed E-state index contributed by atoms with van der Waals surface area (Å²) in [7, 11) is 0. The first kappa shape index (κ1) is 12.3. The van der Waals surface area contributed by atoms with Gasteiger partial charge in [-0.1, -0.05) is 0 Å². The molecule has 16 heavy (non-hydrogen) atoms. The summed E-state index contributed by atoms with van der Waals surface area (Å²) >= 11 is 0. The molecule has 1 unspecified atom stereocenters. The summed E-state index contributed by atoms with van der Waals surface area (Å²) in [6, 6.07) is 0.413. The van der Waals surface area contributed by atoms with Crippen molar-refractivity contribution in [3.05, 3.63) is 0 Å². The van der Waals surface area contributed by atoms with Gasteiger partial charge in [0, 0.05) is 18.0 Å². The second-order valence-corrected chi connectivity index (χ2v) is 5.81. The third-order valence-electron chi connectivity index (χ3n) is 3.93. The predicted molar refractivity (Wildman–Crippen MR) is 64.4 cm³/mol. The van der Waals surface area contributed by atoms with Crippen LogP contribution in [0.5, 0.6) is 0 Å². The maximum Gasteiger partial charge on any atom is 0.0586 e. The minimum atomic E-state index is 0.321. The topological polar surface area (TPSA) is 32.7 Å². The molecule has 0 spiro atoms. The Morgan fingerprint density at radius 3 is 2.75 bits per heavy atom. The highest BCUT2D eigenvalue weighted by molar-refractivity contribution is 4.97. The molecule has 2 rings (SSSR count). The summed E-state index contributed by atoms with van der Waals surface area (Å²) in [4.78, 5) is 2.47. The van der Waals surface area contributed by atoms with Crippen LogP contribution in [0, 0.1) is 5.41 Å². The zero-order valence-electron chi connectivity index (χ0n) is 10.6. The van der Waals surface area contributed by atoms with Gasteiger partial charge in [0.05, 0.1) is 19.3 Å². The average molecular weight is 227 g/mol. The average Bonchev–Trinajstić information content (AvgIpc) is 2.86. The highest BCUT2D eigenvalue weighted by atomic mass is 16.5. The Morgan fingerprint density at radius 1 is 1.44 bits per heavy atom. The van der Waals surface area contributed by atoms with Crippen molar-refractivity contribution in [3.63, 3.8) is 0 Å². The molecule has 2 aliphatic rings. The van der Waals surface area contributed by atoms with E-state index in [4.69, 9.17) is 4.74 Å². The summed E-state index contributed by atoms with van der Waals surface area (Å²) in [5, 5.41) is 9.30. The van der Waals surface area contributed by atoms with Crippen molar-refractivity contribution in [2.24, 2.45) is 5.41 Å². The van der Waals surface area contributed by atoms with E-state index in [-0.39, 0.29) is 0 Å². The van der Waals surface area contributed by atoms with Crippen LogP contribution in [0.1, 0.15) is 39.5 Å². The molecule has 1 aliphatic carbocycles. The molecule has 1 saturated carbocycles. The lowest BCUT2D eigenvalue weighted by atomic mass is 10.1. The molecule has 0 aromatic heterocycles. The molecule has 0 radical (unpaired) electrons. The van der Waals surface area contributed by atoms with E-state index in [0.29, 0.717) is 24.2 Å². The van der Waals surface area contributed by atoms with Crippen molar-refractivity contribution in [3.8, 4) is 0 Å². The first-order chi connectivity index (χ1) is 7.65. The normalized spacial score (nSPS) is 28.9. The van der Waals surface area contributed by atoms with Gasteiger partial charge >= 0.3 is 0 Å². The summed E-state index contributed by atoms with van der Waals surface area (Å²) in [6.07, 6.45) is 5.34. The van der Waals surface area contributed by atoms with E-state index in [1.807, 2.05) is 0 Å². The SMILES string of the molecule is CC(C)OCC1(CN2CCCC2CO)CC1. The molecule has 3 heteroatoms. The van der Waals surface area contributed by atoms with E-state index < -0.39 is 0 Å². The van der Waals surface area contributed by atoms with Gasteiger partial charge in [0.15, 0.2) is 0 Å². The lowest BCUT2D eigenvalue weighted by Gasteiger charge is -2.28. The van der Waals surface area contributed by atoms with Crippen LogP contribution in [0.2, 0.25) is 0 Å². The standard InChI is InChI=1S/C13H25NO2/c1-11(2)16-10-13(5-6-13)9-14-7-3-4-12(14)8-15/h11-12,15H,3-10H2,1-2H3. The second kappa shape index (κ2) is 5.03. The minimum absolute atomic E-state index is 0.321. The molecule has 3 nitrogen and oxygen atoms in total. The molecule has 1 heterocycles. The Bertz CT molecular complexity index is 226. The fraction of sp³-hybridized carbons (Fsp3) is 1.00. The van der Waals surface area contributed by atoms with Gasteiger partial charge in [0.25, 0.3) is 0 Å². The van der Waals surface area contributed by atoms with Crippen LogP contribution in [0.3, 0.4) is 0 Å². The second-order valence-electron chi connectivity index (χ2n) is 5.81. The Balaban J connectivity index is 1.79. The Kier molecular flexibility index (Phi) is 3.88. The molecule has 2 fully saturated rings. The Labute approximate surface area is 98.8 Å². The molecule has 94 valence electrons. The maximum absolute atomic E-state index is 9.30. The van der Waals surface area contributed by atoms with E-state index in [9.17, 15) is 5.11 Å². The van der Waals surface area contributed by atoms with Crippen molar-refractivity contribution >= 4 is 0 Å². The van der Waals surface area contributed by atoms with Crippen molar-refractivity contribution in [2.45, 2.75) is 51.7 Å². The summed E-state index contributed by atoms with van der Waals surface area (Å²) in [5.74, 6) is 0. The highest BCUT2D eigenvalue weighted by Gasteiger charge is 2.45. The van der Waals surface area contributed by atoms with Crippen LogP contribution in [0.15, 0.2) is 0 Å². The number of hydrogen-bond acceptors (Lipinski definition) is 3. The van der Waals surface area contributed by atoms with Gasteiger partial charge in [-0.25, -0.2) is 0 Å². The van der Waals surface area contributed by atoms with E-state index in [2.05, 4.69) is 18.7 Å². The predicted octanol–water partition coefficient (Wildman–Crippen LogP) is 1.65. The largest absolute Gasteiger partial charge is 0.395 e. The smallest absolute Gasteiger partial charge is 0.0586 e. The van der Waals surface area contributed by atoms with Crippen LogP contribution in [0.4, 0.5) is 0 Å². The Morgan fingerprint density at radius 2 is 2.19 bits per heavy atom. The highest BCUT2D eigenvalue weighted by Crippen LogP contribution is 2.47. The first-order valence-electron chi connectivity index (χ1n) is 6.62. The van der Waals surface area contributed by atoms with Crippen LogP contribution in [-0.2, 0) is 4.74 Å². The minimum Gasteiger partial charge on any atom is -0.395 e. The van der Waals surface area contributed by atoms with Crippen molar-refractivity contribution in [1.29, 1.82) is 0 Å². The van der Waals surface area contributed by atoms with Gasteiger partial charge in [0.2, 0.25) is 0 Å². The molecule has 1 atom stereocenters. The number of nitrogens with zero attached hydrogens (tertiary/aromatic N) is 1. The summed E-state index contributed by atoms with van der Waals surface area (Å²) < 4.78 is 5.76. The zero-order valence-corrected chi connectivity index (χ0v) is 10.6. The van der Waals surface area contributed by atoms with E-state index in [1.54, 1.807) is 0 Å². The van der Waals surface area contributed by atoms with Crippen LogP contribution in [0.25, 0.3) is 0 Å². The summed E-state index contributed by atoms with van der Waals surface area (Å²) in [6.45, 7) is 7.71. The van der Waals surface area contributed by atoms with Crippen LogP contribution >= 0.6 is 0 Å². The molecule has 0 aromatic rings. The number of rotatable bonds is 6. The third kappa shape index (κ3) is 2.96. The Hall–Kier alpha value is -0.120. The number of aliphatic hydroxyl groups excluding tert-OH is 1. The van der Waals surface area contributed by atoms with Crippen molar-refractivity contribution in [2.75, 3.05) is 26.3 Å². The van der Waals surface area contributed by atoms with Gasteiger partial charge < -0.3 is 9.84 Å². The fourth-order valence-corrected chi connectivity index (χ4v) is 2.61. The number of ether oxygens (including phenoxy) is 1. The molecule has 1 aliphatic heterocycles. The van der Waals surface area contributed by atoms with Gasteiger partial charge in [-0.2, -0.15) is 0 Å². The molecule has 0 bridgehead atoms. The van der Waals surface area contributed by atoms with Crippen LogP contribution in [-0.4, -0.2) is 48.5 Å². The van der Waals surface area contributed by atoms with E-state index in [0.717, 1.165) is 26.1 Å². The molecule has 0 aromatic carbocycles. The number of aliphatic hydroxyl groups is 1. The summed E-state index contributed by atoms with van der Waals surface area (Å²) in [5.41, 5.74) is 0.419. The van der Waals surface area contributed by atoms with E-state index in [1.165, 1.54) is 19.3 Å². The monoisotopic (exact) mass is 227 g/mol. The quantitative estimate of drug-likeness (QED) is 0.749. The van der Waals surface area contributed by atoms with Gasteiger partial charge in [-0.05, 0) is 46.1 Å². The van der Waals surface area contributed by atoms with Gasteiger partial charge in [-0.15, -0.1) is 0 Å². The van der Waals surface area contributed by atoms with Crippen molar-refractivity contribution < 1.29 is 9.84 Å². The lowest BCUT2D eigenvalue weighted by molar-refractivity contribution is 0.0259. The molecule has 1 saturated heterocycles. The van der Waals surface area contributed by atoms with Crippen molar-refractivity contribution in [1.82, 2.24) is 4.90 Å².